The van der Waals surface area contributed by atoms with Gasteiger partial charge in [-0.25, -0.2) is 8.42 Å². The first-order valence-corrected chi connectivity index (χ1v) is 7.04. The van der Waals surface area contributed by atoms with Crippen molar-refractivity contribution in [1.82, 2.24) is 4.31 Å². The Labute approximate surface area is 101 Å². The molecule has 0 aromatic carbocycles. The summed E-state index contributed by atoms with van der Waals surface area (Å²) in [4.78, 5) is 11.0. The fraction of sp³-hybridized carbons (Fsp3) is 0.900. The highest BCUT2D eigenvalue weighted by Gasteiger charge is 2.43. The van der Waals surface area contributed by atoms with Crippen LogP contribution in [-0.2, 0) is 14.8 Å². The van der Waals surface area contributed by atoms with Gasteiger partial charge in [0.25, 0.3) is 0 Å². The van der Waals surface area contributed by atoms with E-state index < -0.39 is 33.6 Å². The zero-order valence-corrected chi connectivity index (χ0v) is 11.1. The van der Waals surface area contributed by atoms with Crippen molar-refractivity contribution < 1.29 is 23.4 Å². The summed E-state index contributed by atoms with van der Waals surface area (Å²) in [5, 5.41) is 18.4. The van der Waals surface area contributed by atoms with Gasteiger partial charge in [0.1, 0.15) is 6.04 Å². The van der Waals surface area contributed by atoms with Crippen LogP contribution in [0.15, 0.2) is 0 Å². The van der Waals surface area contributed by atoms with Crippen molar-refractivity contribution in [2.24, 2.45) is 5.41 Å². The lowest BCUT2D eigenvalue weighted by atomic mass is 10.0. The third-order valence-electron chi connectivity index (χ3n) is 2.49. The maximum atomic E-state index is 12.1. The van der Waals surface area contributed by atoms with Crippen LogP contribution in [0.2, 0.25) is 0 Å². The Kier molecular flexibility index (Phi) is 3.85. The zero-order valence-electron chi connectivity index (χ0n) is 10.3. The molecule has 0 aromatic rings. The van der Waals surface area contributed by atoms with Crippen LogP contribution in [0.4, 0.5) is 0 Å². The van der Waals surface area contributed by atoms with Gasteiger partial charge in [-0.3, -0.25) is 4.79 Å². The van der Waals surface area contributed by atoms with E-state index in [2.05, 4.69) is 0 Å². The number of aliphatic hydroxyl groups is 1. The molecule has 1 saturated heterocycles. The predicted molar refractivity (Wildman–Crippen MR) is 62.0 cm³/mol. The van der Waals surface area contributed by atoms with Crippen LogP contribution in [0.3, 0.4) is 0 Å². The molecule has 100 valence electrons. The highest BCUT2D eigenvalue weighted by molar-refractivity contribution is 7.89. The highest BCUT2D eigenvalue weighted by atomic mass is 32.2. The van der Waals surface area contributed by atoms with Gasteiger partial charge in [-0.2, -0.15) is 4.31 Å². The smallest absolute Gasteiger partial charge is 0.322 e. The molecule has 0 aliphatic carbocycles. The fourth-order valence-corrected chi connectivity index (χ4v) is 4.17. The van der Waals surface area contributed by atoms with E-state index in [1.54, 1.807) is 20.8 Å². The molecule has 1 aliphatic heterocycles. The Morgan fingerprint density at radius 1 is 1.41 bits per heavy atom. The fourth-order valence-electron chi connectivity index (χ4n) is 1.95. The monoisotopic (exact) mass is 265 g/mol. The summed E-state index contributed by atoms with van der Waals surface area (Å²) in [6, 6.07) is -1.14. The normalized spacial score (nSPS) is 27.3. The second kappa shape index (κ2) is 4.55. The van der Waals surface area contributed by atoms with Crippen LogP contribution in [0.1, 0.15) is 27.2 Å². The van der Waals surface area contributed by atoms with Crippen molar-refractivity contribution in [3.8, 4) is 0 Å². The quantitative estimate of drug-likeness (QED) is 0.742. The van der Waals surface area contributed by atoms with Gasteiger partial charge >= 0.3 is 5.97 Å². The molecular formula is C10H19NO5S. The van der Waals surface area contributed by atoms with Crippen molar-refractivity contribution in [2.45, 2.75) is 39.3 Å². The van der Waals surface area contributed by atoms with Crippen molar-refractivity contribution in [1.29, 1.82) is 0 Å². The minimum Gasteiger partial charge on any atom is -0.480 e. The second-order valence-corrected chi connectivity index (χ2v) is 7.55. The number of hydrogen-bond donors (Lipinski definition) is 2. The first-order chi connectivity index (χ1) is 7.53. The summed E-state index contributed by atoms with van der Waals surface area (Å²) in [6.45, 7) is 5.18. The Bertz CT molecular complexity index is 397. The zero-order chi connectivity index (χ0) is 13.4. The van der Waals surface area contributed by atoms with E-state index in [4.69, 9.17) is 5.11 Å². The minimum absolute atomic E-state index is 0.0430. The highest BCUT2D eigenvalue weighted by Crippen LogP contribution is 2.26. The second-order valence-electron chi connectivity index (χ2n) is 5.63. The number of carboxylic acid groups (broad SMARTS) is 1. The number of carbonyl (C=O) groups is 1. The number of aliphatic hydroxyl groups excluding tert-OH is 1. The summed E-state index contributed by atoms with van der Waals surface area (Å²) in [7, 11) is -3.65. The minimum atomic E-state index is -3.65. The lowest BCUT2D eigenvalue weighted by molar-refractivity contribution is -0.140. The molecule has 0 saturated carbocycles. The number of nitrogens with zero attached hydrogens (tertiary/aromatic N) is 1. The standard InChI is InChI=1S/C10H19NO5S/c1-10(2,3)6-17(15,16)11-5-7(12)4-8(11)9(13)14/h7-8,12H,4-6H2,1-3H3,(H,13,14)/t7-,8-/m0/s1. The molecule has 1 aliphatic rings. The molecule has 0 unspecified atom stereocenters. The SMILES string of the molecule is CC(C)(C)CS(=O)(=O)N1C[C@@H](O)C[C@H]1C(=O)O. The molecule has 2 atom stereocenters. The van der Waals surface area contributed by atoms with Gasteiger partial charge in [-0.1, -0.05) is 20.8 Å². The van der Waals surface area contributed by atoms with Crippen molar-refractivity contribution in [3.63, 3.8) is 0 Å². The summed E-state index contributed by atoms with van der Waals surface area (Å²) in [5.41, 5.74) is -0.449. The first-order valence-electron chi connectivity index (χ1n) is 5.43. The lowest BCUT2D eigenvalue weighted by Crippen LogP contribution is -2.43. The predicted octanol–water partition coefficient (Wildman–Crippen LogP) is -0.118. The van der Waals surface area contributed by atoms with Crippen LogP contribution in [0.5, 0.6) is 0 Å². The summed E-state index contributed by atoms with van der Waals surface area (Å²) in [6.07, 6.45) is -0.940. The first kappa shape index (κ1) is 14.4. The van der Waals surface area contributed by atoms with Gasteiger partial charge in [-0.05, 0) is 5.41 Å². The molecule has 0 amide bonds. The average Bonchev–Trinajstić information content (AvgIpc) is 2.43. The maximum Gasteiger partial charge on any atom is 0.322 e. The van der Waals surface area contributed by atoms with Gasteiger partial charge in [0.15, 0.2) is 0 Å². The van der Waals surface area contributed by atoms with Crippen LogP contribution < -0.4 is 0 Å². The third-order valence-corrected chi connectivity index (χ3v) is 4.84. The number of β-amino-alcohol motifs (C(OH)–C–C–N with tert-alkyl or cyclic N) is 1. The summed E-state index contributed by atoms with van der Waals surface area (Å²) in [5.74, 6) is -1.34. The molecular weight excluding hydrogens is 246 g/mol. The molecule has 1 heterocycles. The van der Waals surface area contributed by atoms with Gasteiger partial charge in [0.05, 0.1) is 11.9 Å². The number of aliphatic carboxylic acids is 1. The lowest BCUT2D eigenvalue weighted by Gasteiger charge is -2.25. The average molecular weight is 265 g/mol. The number of hydrogen-bond acceptors (Lipinski definition) is 4. The molecule has 0 aromatic heterocycles. The molecule has 1 rings (SSSR count). The molecule has 7 heteroatoms. The Morgan fingerprint density at radius 3 is 2.35 bits per heavy atom. The van der Waals surface area contributed by atoms with Crippen LogP contribution in [-0.4, -0.2) is 53.3 Å². The van der Waals surface area contributed by atoms with E-state index in [0.717, 1.165) is 4.31 Å². The number of carboxylic acids is 1. The van der Waals surface area contributed by atoms with Crippen LogP contribution in [0.25, 0.3) is 0 Å². The van der Waals surface area contributed by atoms with Gasteiger partial charge in [-0.15, -0.1) is 0 Å². The third kappa shape index (κ3) is 3.65. The van der Waals surface area contributed by atoms with Gasteiger partial charge in [0.2, 0.25) is 10.0 Å². The molecule has 0 radical (unpaired) electrons. The molecule has 6 nitrogen and oxygen atoms in total. The topological polar surface area (TPSA) is 94.9 Å². The Morgan fingerprint density at radius 2 is 1.94 bits per heavy atom. The number of sulfonamides is 1. The largest absolute Gasteiger partial charge is 0.480 e. The van der Waals surface area contributed by atoms with Crippen molar-refractivity contribution >= 4 is 16.0 Å². The molecule has 2 N–H and O–H groups in total. The summed E-state index contributed by atoms with van der Waals surface area (Å²) >= 11 is 0. The summed E-state index contributed by atoms with van der Waals surface area (Å²) < 4.78 is 25.0. The van der Waals surface area contributed by atoms with Crippen molar-refractivity contribution in [3.05, 3.63) is 0 Å². The van der Waals surface area contributed by atoms with E-state index in [1.807, 2.05) is 0 Å². The van der Waals surface area contributed by atoms with E-state index in [-0.39, 0.29) is 18.7 Å². The number of rotatable bonds is 3. The maximum absolute atomic E-state index is 12.1. The molecule has 0 bridgehead atoms. The molecule has 1 fully saturated rings. The van der Waals surface area contributed by atoms with Crippen molar-refractivity contribution in [2.75, 3.05) is 12.3 Å². The van der Waals surface area contributed by atoms with E-state index in [0.29, 0.717) is 0 Å². The van der Waals surface area contributed by atoms with E-state index in [1.165, 1.54) is 0 Å². The van der Waals surface area contributed by atoms with Crippen LogP contribution in [0, 0.1) is 5.41 Å². The molecule has 17 heavy (non-hydrogen) atoms. The van der Waals surface area contributed by atoms with Crippen LogP contribution >= 0.6 is 0 Å². The Hall–Kier alpha value is -0.660. The molecule has 0 spiro atoms. The van der Waals surface area contributed by atoms with E-state index >= 15 is 0 Å². The Balaban J connectivity index is 2.94. The van der Waals surface area contributed by atoms with Gasteiger partial charge < -0.3 is 10.2 Å². The van der Waals surface area contributed by atoms with E-state index in [9.17, 15) is 18.3 Å². The van der Waals surface area contributed by atoms with Gasteiger partial charge in [0, 0.05) is 13.0 Å².